The van der Waals surface area contributed by atoms with Crippen molar-refractivity contribution < 1.29 is 14.0 Å². The molecule has 9 heteroatoms. The molecule has 1 aliphatic carbocycles. The van der Waals surface area contributed by atoms with Gasteiger partial charge < -0.3 is 5.32 Å². The molecule has 1 aliphatic rings. The fraction of sp³-hybridized carbons (Fsp3) is 0.167. The summed E-state index contributed by atoms with van der Waals surface area (Å²) in [6, 6.07) is 15.1. The highest BCUT2D eigenvalue weighted by Crippen LogP contribution is 2.65. The van der Waals surface area contributed by atoms with Gasteiger partial charge in [-0.1, -0.05) is 46.9 Å². The molecule has 170 valence electrons. The Labute approximate surface area is 214 Å². The highest BCUT2D eigenvalue weighted by Gasteiger charge is 2.67. The van der Waals surface area contributed by atoms with E-state index in [1.165, 1.54) is 42.5 Å². The first kappa shape index (κ1) is 24.3. The molecule has 1 amide bonds. The Morgan fingerprint density at radius 2 is 1.48 bits per heavy atom. The van der Waals surface area contributed by atoms with Crippen LogP contribution in [0, 0.1) is 11.7 Å². The number of rotatable bonds is 6. The minimum atomic E-state index is -1.34. The van der Waals surface area contributed by atoms with E-state index in [2.05, 4.69) is 5.32 Å². The lowest BCUT2D eigenvalue weighted by molar-refractivity contribution is -0.117. The van der Waals surface area contributed by atoms with E-state index in [0.717, 1.165) is 0 Å². The van der Waals surface area contributed by atoms with Crippen LogP contribution >= 0.6 is 58.0 Å². The summed E-state index contributed by atoms with van der Waals surface area (Å²) in [5.74, 6) is -2.31. The molecule has 0 saturated heterocycles. The lowest BCUT2D eigenvalue weighted by Crippen LogP contribution is -2.17. The molecule has 0 spiro atoms. The summed E-state index contributed by atoms with van der Waals surface area (Å²) in [5.41, 5.74) is 1.94. The van der Waals surface area contributed by atoms with Crippen molar-refractivity contribution in [3.05, 3.63) is 98.2 Å². The number of benzene rings is 3. The van der Waals surface area contributed by atoms with E-state index in [-0.39, 0.29) is 23.0 Å². The van der Waals surface area contributed by atoms with Gasteiger partial charge >= 0.3 is 0 Å². The first-order valence-electron chi connectivity index (χ1n) is 9.77. The third-order valence-electron chi connectivity index (χ3n) is 5.35. The van der Waals surface area contributed by atoms with Gasteiger partial charge in [0.15, 0.2) is 5.78 Å². The van der Waals surface area contributed by atoms with E-state index in [4.69, 9.17) is 58.0 Å². The number of hydrogen-bond donors (Lipinski definition) is 1. The van der Waals surface area contributed by atoms with Gasteiger partial charge in [-0.15, -0.1) is 23.2 Å². The molecule has 0 bridgehead atoms. The topological polar surface area (TPSA) is 46.2 Å². The van der Waals surface area contributed by atoms with Gasteiger partial charge in [-0.3, -0.25) is 9.59 Å². The van der Waals surface area contributed by atoms with E-state index < -0.39 is 22.1 Å². The van der Waals surface area contributed by atoms with Crippen LogP contribution in [0.3, 0.4) is 0 Å². The Morgan fingerprint density at radius 3 is 2.12 bits per heavy atom. The second-order valence-corrected chi connectivity index (χ2v) is 10.5. The van der Waals surface area contributed by atoms with Crippen LogP contribution < -0.4 is 5.32 Å². The maximum atomic E-state index is 13.1. The quantitative estimate of drug-likeness (QED) is 0.254. The van der Waals surface area contributed by atoms with Gasteiger partial charge in [0.05, 0.1) is 5.92 Å². The highest BCUT2D eigenvalue weighted by molar-refractivity contribution is 6.53. The summed E-state index contributed by atoms with van der Waals surface area (Å²) in [6.45, 7) is 0. The lowest BCUT2D eigenvalue weighted by atomic mass is 10.0. The molecule has 1 fully saturated rings. The molecule has 2 atom stereocenters. The SMILES string of the molecule is O=C(Cc1ccc(F)cc1)c1cc(Cl)cc(NC(=O)C2C(c3cc(Cl)cc(Cl)c3)C2(Cl)Cl)c1. The summed E-state index contributed by atoms with van der Waals surface area (Å²) in [7, 11) is 0. The predicted octanol–water partition coefficient (Wildman–Crippen LogP) is 7.74. The Balaban J connectivity index is 1.51. The van der Waals surface area contributed by atoms with E-state index in [0.29, 0.717) is 32.4 Å². The zero-order chi connectivity index (χ0) is 23.9. The summed E-state index contributed by atoms with van der Waals surface area (Å²) >= 11 is 31.1. The van der Waals surface area contributed by atoms with Crippen molar-refractivity contribution in [3.63, 3.8) is 0 Å². The van der Waals surface area contributed by atoms with Crippen molar-refractivity contribution in [1.82, 2.24) is 0 Å². The number of Topliss-reactive ketones (excluding diaryl/α,β-unsaturated/α-hetero) is 1. The number of carbonyl (C=O) groups excluding carboxylic acids is 2. The number of carbonyl (C=O) groups is 2. The monoisotopic (exact) mass is 543 g/mol. The van der Waals surface area contributed by atoms with Gasteiger partial charge in [0.2, 0.25) is 5.91 Å². The van der Waals surface area contributed by atoms with Gasteiger partial charge in [-0.25, -0.2) is 4.39 Å². The van der Waals surface area contributed by atoms with Crippen LogP contribution in [0.1, 0.15) is 27.4 Å². The number of amides is 1. The Kier molecular flexibility index (Phi) is 6.95. The Bertz CT molecular complexity index is 1230. The van der Waals surface area contributed by atoms with Crippen molar-refractivity contribution >= 4 is 75.4 Å². The van der Waals surface area contributed by atoms with E-state index in [1.807, 2.05) is 0 Å². The van der Waals surface area contributed by atoms with Gasteiger partial charge in [0, 0.05) is 38.7 Å². The third kappa shape index (κ3) is 5.47. The lowest BCUT2D eigenvalue weighted by Gasteiger charge is -2.09. The van der Waals surface area contributed by atoms with Crippen LogP contribution in [0.4, 0.5) is 10.1 Å². The molecule has 0 heterocycles. The fourth-order valence-corrected chi connectivity index (χ4v) is 5.36. The average molecular weight is 546 g/mol. The zero-order valence-electron chi connectivity index (χ0n) is 16.7. The molecule has 3 aromatic carbocycles. The van der Waals surface area contributed by atoms with Crippen LogP contribution in [-0.4, -0.2) is 16.0 Å². The standard InChI is InChI=1S/C24H15Cl5FNO2/c25-15-7-14(8-16(26)10-15)21-22(24(21,28)29)23(33)31-19-9-13(6-17(27)11-19)20(32)5-12-1-3-18(30)4-2-12/h1-4,6-11,21-22H,5H2,(H,31,33). The first-order chi connectivity index (χ1) is 15.5. The second-order valence-electron chi connectivity index (χ2n) is 7.78. The van der Waals surface area contributed by atoms with E-state index in [1.54, 1.807) is 18.2 Å². The highest BCUT2D eigenvalue weighted by atomic mass is 35.5. The van der Waals surface area contributed by atoms with Gasteiger partial charge in [0.1, 0.15) is 10.2 Å². The maximum absolute atomic E-state index is 13.1. The van der Waals surface area contributed by atoms with Crippen molar-refractivity contribution in [2.45, 2.75) is 16.7 Å². The molecule has 0 radical (unpaired) electrons. The maximum Gasteiger partial charge on any atom is 0.231 e. The molecule has 4 rings (SSSR count). The van der Waals surface area contributed by atoms with Crippen LogP contribution in [0.5, 0.6) is 0 Å². The zero-order valence-corrected chi connectivity index (χ0v) is 20.5. The molecule has 0 aliphatic heterocycles. The summed E-state index contributed by atoms with van der Waals surface area (Å²) in [5, 5.41) is 3.82. The summed E-state index contributed by atoms with van der Waals surface area (Å²) < 4.78 is 11.8. The minimum absolute atomic E-state index is 0.0563. The molecular weight excluding hydrogens is 531 g/mol. The Hall–Kier alpha value is -1.82. The fourth-order valence-electron chi connectivity index (χ4n) is 3.75. The van der Waals surface area contributed by atoms with Crippen molar-refractivity contribution in [2.24, 2.45) is 5.92 Å². The summed E-state index contributed by atoms with van der Waals surface area (Å²) in [6.07, 6.45) is 0.0563. The second kappa shape index (κ2) is 9.44. The molecule has 0 aromatic heterocycles. The van der Waals surface area contributed by atoms with E-state index >= 15 is 0 Å². The smallest absolute Gasteiger partial charge is 0.231 e. The Morgan fingerprint density at radius 1 is 0.879 bits per heavy atom. The number of ketones is 1. The predicted molar refractivity (Wildman–Crippen MR) is 132 cm³/mol. The number of halogens is 6. The summed E-state index contributed by atoms with van der Waals surface area (Å²) in [4.78, 5) is 25.7. The van der Waals surface area contributed by atoms with Gasteiger partial charge in [-0.05, 0) is 59.7 Å². The third-order valence-corrected chi connectivity index (χ3v) is 6.94. The van der Waals surface area contributed by atoms with Crippen molar-refractivity contribution in [3.8, 4) is 0 Å². The van der Waals surface area contributed by atoms with Gasteiger partial charge in [0.25, 0.3) is 0 Å². The number of anilines is 1. The molecular formula is C24H15Cl5FNO2. The van der Waals surface area contributed by atoms with Crippen molar-refractivity contribution in [1.29, 1.82) is 0 Å². The van der Waals surface area contributed by atoms with Crippen molar-refractivity contribution in [2.75, 3.05) is 5.32 Å². The molecule has 3 aromatic rings. The number of alkyl halides is 2. The van der Waals surface area contributed by atoms with Gasteiger partial charge in [-0.2, -0.15) is 0 Å². The first-order valence-corrected chi connectivity index (χ1v) is 11.7. The van der Waals surface area contributed by atoms with Crippen LogP contribution in [-0.2, 0) is 11.2 Å². The molecule has 2 unspecified atom stereocenters. The molecule has 1 N–H and O–H groups in total. The minimum Gasteiger partial charge on any atom is -0.326 e. The normalized spacial score (nSPS) is 18.6. The van der Waals surface area contributed by atoms with Crippen LogP contribution in [0.25, 0.3) is 0 Å². The average Bonchev–Trinajstić information content (AvgIpc) is 3.30. The largest absolute Gasteiger partial charge is 0.326 e. The number of hydrogen-bond acceptors (Lipinski definition) is 2. The van der Waals surface area contributed by atoms with Crippen LogP contribution in [0.2, 0.25) is 15.1 Å². The molecule has 1 saturated carbocycles. The molecule has 3 nitrogen and oxygen atoms in total. The number of nitrogens with one attached hydrogen (secondary N) is 1. The van der Waals surface area contributed by atoms with Crippen LogP contribution in [0.15, 0.2) is 60.7 Å². The molecule has 33 heavy (non-hydrogen) atoms. The van der Waals surface area contributed by atoms with E-state index in [9.17, 15) is 14.0 Å².